The van der Waals surface area contributed by atoms with Crippen LogP contribution in [0.25, 0.3) is 0 Å². The van der Waals surface area contributed by atoms with E-state index in [9.17, 15) is 29.3 Å². The molecule has 3 heterocycles. The van der Waals surface area contributed by atoms with E-state index in [2.05, 4.69) is 13.8 Å². The summed E-state index contributed by atoms with van der Waals surface area (Å²) in [4.78, 5) is 70.2. The first-order valence-corrected chi connectivity index (χ1v) is 23.0. The van der Waals surface area contributed by atoms with Crippen LogP contribution in [0.4, 0.5) is 0 Å². The molecule has 2 amide bonds. The molecule has 0 radical (unpaired) electrons. The average molecular weight is 862 g/mol. The largest absolute Gasteiger partial charge is 0.424 e. The topological polar surface area (TPSA) is 136 Å². The van der Waals surface area contributed by atoms with Gasteiger partial charge in [0.25, 0.3) is 17.5 Å². The van der Waals surface area contributed by atoms with E-state index in [-0.39, 0.29) is 35.9 Å². The van der Waals surface area contributed by atoms with Crippen LogP contribution in [0.1, 0.15) is 97.1 Å². The molecule has 3 aromatic rings. The van der Waals surface area contributed by atoms with Gasteiger partial charge in [-0.05, 0) is 36.8 Å². The first-order valence-electron chi connectivity index (χ1n) is 19.7. The van der Waals surface area contributed by atoms with Crippen LogP contribution in [0.2, 0.25) is 0 Å². The number of benzene rings is 3. The second-order valence-electron chi connectivity index (χ2n) is 14.2. The van der Waals surface area contributed by atoms with Gasteiger partial charge < -0.3 is 9.47 Å². The SMILES string of the molecule is CCCCC(CC)C(=O)Oc1c2c(c(OC(=O)C(CC)CCCC)c3c1SC(=C(C)[N+](=O)[O-])S3)SC(=C1C(=O)N(Cc3ccccc3)N(Cc3ccccc3)C1=O)S2. The molecule has 0 spiro atoms. The maximum absolute atomic E-state index is 14.6. The number of thioether (sulfide) groups is 4. The molecule has 0 aromatic heterocycles. The summed E-state index contributed by atoms with van der Waals surface area (Å²) in [5.74, 6) is -2.27. The minimum absolute atomic E-state index is 0.0402. The Bertz CT molecular complexity index is 2010. The monoisotopic (exact) mass is 861 g/mol. The standard InChI is InChI=1S/C43H47N3O8S4/c1-6-10-22-29(8-3)40(49)53-32-34-35(56-42(55-34)26(5)46(51)52)33(54-41(50)30(9-4)23-11-7-2)37-36(32)57-43(58-37)31-38(47)44(24-27-18-14-12-15-19-27)45(39(31)48)25-28-20-16-13-17-21-28/h12-21,29-30H,6-11,22-25H2,1-5H3. The van der Waals surface area contributed by atoms with Crippen molar-refractivity contribution in [3.63, 3.8) is 0 Å². The molecule has 1 saturated heterocycles. The van der Waals surface area contributed by atoms with Gasteiger partial charge in [-0.1, -0.05) is 161 Å². The molecule has 3 aliphatic rings. The molecular weight excluding hydrogens is 815 g/mol. The number of ether oxygens (including phenoxy) is 2. The normalized spacial score (nSPS) is 15.8. The molecule has 58 heavy (non-hydrogen) atoms. The van der Waals surface area contributed by atoms with Gasteiger partial charge in [0, 0.05) is 6.92 Å². The van der Waals surface area contributed by atoms with E-state index in [1.165, 1.54) is 16.9 Å². The third kappa shape index (κ3) is 9.32. The minimum Gasteiger partial charge on any atom is -0.424 e. The molecular formula is C43H47N3O8S4. The number of fused-ring (bicyclic) bond motifs is 2. The maximum atomic E-state index is 14.6. The van der Waals surface area contributed by atoms with E-state index in [0.717, 1.165) is 83.9 Å². The van der Waals surface area contributed by atoms with Crippen LogP contribution in [0.5, 0.6) is 11.5 Å². The molecule has 0 aliphatic carbocycles. The van der Waals surface area contributed by atoms with Crippen molar-refractivity contribution in [2.45, 2.75) is 119 Å². The van der Waals surface area contributed by atoms with Gasteiger partial charge in [-0.25, -0.2) is 10.0 Å². The van der Waals surface area contributed by atoms with Crippen molar-refractivity contribution in [1.29, 1.82) is 0 Å². The summed E-state index contributed by atoms with van der Waals surface area (Å²) < 4.78 is 13.4. The second-order valence-corrected chi connectivity index (χ2v) is 18.8. The van der Waals surface area contributed by atoms with Crippen molar-refractivity contribution in [1.82, 2.24) is 10.0 Å². The van der Waals surface area contributed by atoms with Crippen LogP contribution in [-0.2, 0) is 32.3 Å². The number of allylic oxidation sites excluding steroid dienone is 1. The summed E-state index contributed by atoms with van der Waals surface area (Å²) in [5, 5.41) is 14.9. The molecule has 6 rings (SSSR count). The Balaban J connectivity index is 1.50. The van der Waals surface area contributed by atoms with E-state index < -0.39 is 40.5 Å². The summed E-state index contributed by atoms with van der Waals surface area (Å²) in [6.45, 7) is 9.69. The van der Waals surface area contributed by atoms with Gasteiger partial charge in [-0.3, -0.25) is 29.3 Å². The fourth-order valence-corrected chi connectivity index (χ4v) is 12.1. The lowest BCUT2D eigenvalue weighted by Gasteiger charge is -2.27. The molecule has 15 heteroatoms. The fraction of sp³-hybridized carbons (Fsp3) is 0.395. The predicted octanol–water partition coefficient (Wildman–Crippen LogP) is 11.0. The van der Waals surface area contributed by atoms with Crippen molar-refractivity contribution < 1.29 is 33.6 Å². The summed E-state index contributed by atoms with van der Waals surface area (Å²) in [6, 6.07) is 18.9. The third-order valence-corrected chi connectivity index (χ3v) is 15.6. The van der Waals surface area contributed by atoms with Crippen LogP contribution in [0.3, 0.4) is 0 Å². The lowest BCUT2D eigenvalue weighted by Crippen LogP contribution is -2.39. The number of hydrazine groups is 1. The van der Waals surface area contributed by atoms with Crippen LogP contribution < -0.4 is 9.47 Å². The second kappa shape index (κ2) is 19.7. The van der Waals surface area contributed by atoms with Crippen molar-refractivity contribution in [3.8, 4) is 11.5 Å². The molecule has 1 fully saturated rings. The van der Waals surface area contributed by atoms with E-state index in [4.69, 9.17) is 9.47 Å². The zero-order valence-electron chi connectivity index (χ0n) is 33.2. The molecule has 306 valence electrons. The minimum atomic E-state index is -0.482. The van der Waals surface area contributed by atoms with E-state index in [1.54, 1.807) is 0 Å². The van der Waals surface area contributed by atoms with Crippen LogP contribution in [0.15, 0.2) is 100.0 Å². The van der Waals surface area contributed by atoms with Crippen molar-refractivity contribution >= 4 is 70.8 Å². The first kappa shape index (κ1) is 43.4. The Morgan fingerprint density at radius 2 is 1.07 bits per heavy atom. The van der Waals surface area contributed by atoms with Gasteiger partial charge >= 0.3 is 11.9 Å². The lowest BCUT2D eigenvalue weighted by atomic mass is 10.00. The van der Waals surface area contributed by atoms with Crippen LogP contribution >= 0.6 is 47.0 Å². The van der Waals surface area contributed by atoms with Crippen LogP contribution in [-0.4, -0.2) is 38.7 Å². The first-order chi connectivity index (χ1) is 28.0. The highest BCUT2D eigenvalue weighted by Crippen LogP contribution is 2.69. The molecule has 3 aromatic carbocycles. The number of carbonyl (C=O) groups excluding carboxylic acids is 4. The zero-order valence-corrected chi connectivity index (χ0v) is 36.5. The molecule has 0 bridgehead atoms. The number of rotatable bonds is 17. The summed E-state index contributed by atoms with van der Waals surface area (Å²) >= 11 is 4.43. The zero-order chi connectivity index (χ0) is 41.5. The quantitative estimate of drug-likeness (QED) is 0.0319. The highest BCUT2D eigenvalue weighted by atomic mass is 32.2. The smallest absolute Gasteiger partial charge is 0.314 e. The van der Waals surface area contributed by atoms with Gasteiger partial charge in [0.05, 0.1) is 53.7 Å². The number of hydrogen-bond acceptors (Lipinski definition) is 12. The summed E-state index contributed by atoms with van der Waals surface area (Å²) in [6.07, 6.45) is 5.84. The molecule has 0 saturated carbocycles. The average Bonchev–Trinajstić information content (AvgIpc) is 3.92. The Labute approximate surface area is 356 Å². The van der Waals surface area contributed by atoms with E-state index in [0.29, 0.717) is 53.7 Å². The molecule has 2 atom stereocenters. The number of nitrogens with zero attached hydrogens (tertiary/aromatic N) is 3. The summed E-state index contributed by atoms with van der Waals surface area (Å²) in [7, 11) is 0. The molecule has 3 aliphatic heterocycles. The molecule has 2 unspecified atom stereocenters. The van der Waals surface area contributed by atoms with Gasteiger partial charge in [0.2, 0.25) is 0 Å². The van der Waals surface area contributed by atoms with Crippen molar-refractivity contribution in [2.24, 2.45) is 11.8 Å². The van der Waals surface area contributed by atoms with E-state index >= 15 is 0 Å². The third-order valence-electron chi connectivity index (χ3n) is 10.2. The van der Waals surface area contributed by atoms with Gasteiger partial charge in [0.1, 0.15) is 9.81 Å². The molecule has 11 nitrogen and oxygen atoms in total. The Kier molecular flexibility index (Phi) is 14.8. The maximum Gasteiger partial charge on any atom is 0.314 e. The van der Waals surface area contributed by atoms with Gasteiger partial charge in [0.15, 0.2) is 11.5 Å². The van der Waals surface area contributed by atoms with Gasteiger partial charge in [-0.15, -0.1) is 0 Å². The van der Waals surface area contributed by atoms with Gasteiger partial charge in [-0.2, -0.15) is 0 Å². The van der Waals surface area contributed by atoms with E-state index in [1.807, 2.05) is 74.5 Å². The summed E-state index contributed by atoms with van der Waals surface area (Å²) in [5.41, 5.74) is 1.55. The molecule has 0 N–H and O–H groups in total. The lowest BCUT2D eigenvalue weighted by molar-refractivity contribution is -0.424. The Morgan fingerprint density at radius 1 is 0.672 bits per heavy atom. The Hall–Kier alpha value is -4.18. The number of esters is 2. The highest BCUT2D eigenvalue weighted by Gasteiger charge is 2.47. The number of amides is 2. The number of carbonyl (C=O) groups is 4. The van der Waals surface area contributed by atoms with Crippen molar-refractivity contribution in [2.75, 3.05) is 0 Å². The highest BCUT2D eigenvalue weighted by molar-refractivity contribution is 8.26. The Morgan fingerprint density at radius 3 is 1.43 bits per heavy atom. The van der Waals surface area contributed by atoms with Crippen LogP contribution in [0, 0.1) is 22.0 Å². The number of hydrogen-bond donors (Lipinski definition) is 0. The number of unbranched alkanes of at least 4 members (excludes halogenated alkanes) is 2. The van der Waals surface area contributed by atoms with Crippen molar-refractivity contribution in [3.05, 3.63) is 102 Å². The number of nitro groups is 1. The predicted molar refractivity (Wildman–Crippen MR) is 228 cm³/mol. The fourth-order valence-electron chi connectivity index (χ4n) is 6.73.